The van der Waals surface area contributed by atoms with Crippen molar-refractivity contribution in [1.29, 1.82) is 0 Å². The average Bonchev–Trinajstić information content (AvgIpc) is 2.21. The summed E-state index contributed by atoms with van der Waals surface area (Å²) in [6.07, 6.45) is 1.14. The second-order valence-electron chi connectivity index (χ2n) is 3.59. The summed E-state index contributed by atoms with van der Waals surface area (Å²) in [4.78, 5) is 0. The largest absolute Gasteiger partial charge is 0.311 e. The maximum atomic E-state index is 10.8. The van der Waals surface area contributed by atoms with E-state index in [2.05, 4.69) is 26.0 Å². The minimum Gasteiger partial charge on any atom is -0.311 e. The predicted octanol–water partition coefficient (Wildman–Crippen LogP) is 1.74. The molecule has 96 valence electrons. The van der Waals surface area contributed by atoms with E-state index >= 15 is 0 Å². The molecule has 0 saturated carbocycles. The van der Waals surface area contributed by atoms with Gasteiger partial charge in [-0.2, -0.15) is 0 Å². The molecule has 2 N–H and O–H groups in total. The van der Waals surface area contributed by atoms with Crippen molar-refractivity contribution in [3.05, 3.63) is 33.3 Å². The van der Waals surface area contributed by atoms with Gasteiger partial charge in [0.05, 0.1) is 11.3 Å². The quantitative estimate of drug-likeness (QED) is 0.775. The van der Waals surface area contributed by atoms with Crippen LogP contribution < -0.4 is 10.0 Å². The summed E-state index contributed by atoms with van der Waals surface area (Å²) in [7, 11) is -3.10. The van der Waals surface area contributed by atoms with E-state index in [1.807, 2.05) is 18.2 Å². The van der Waals surface area contributed by atoms with E-state index in [9.17, 15) is 8.42 Å². The van der Waals surface area contributed by atoms with Crippen molar-refractivity contribution >= 4 is 37.6 Å². The van der Waals surface area contributed by atoms with Crippen molar-refractivity contribution in [2.75, 3.05) is 19.3 Å². The first-order valence-electron chi connectivity index (χ1n) is 4.98. The zero-order valence-corrected chi connectivity index (χ0v) is 12.5. The van der Waals surface area contributed by atoms with Crippen molar-refractivity contribution in [3.63, 3.8) is 0 Å². The number of hydrogen-bond acceptors (Lipinski definition) is 3. The Morgan fingerprint density at radius 2 is 2.06 bits per heavy atom. The van der Waals surface area contributed by atoms with Crippen molar-refractivity contribution in [2.24, 2.45) is 0 Å². The molecule has 1 rings (SSSR count). The number of nitrogens with one attached hydrogen (secondary N) is 2. The van der Waals surface area contributed by atoms with Crippen LogP contribution in [0.1, 0.15) is 5.56 Å². The Kier molecular flexibility index (Phi) is 5.88. The first-order valence-corrected chi connectivity index (χ1v) is 8.04. The summed E-state index contributed by atoms with van der Waals surface area (Å²) >= 11 is 9.21. The van der Waals surface area contributed by atoms with Crippen molar-refractivity contribution in [2.45, 2.75) is 6.54 Å². The predicted molar refractivity (Wildman–Crippen MR) is 73.7 cm³/mol. The molecule has 0 aliphatic heterocycles. The lowest BCUT2D eigenvalue weighted by Gasteiger charge is -2.06. The molecule has 0 radical (unpaired) electrons. The highest BCUT2D eigenvalue weighted by atomic mass is 79.9. The Morgan fingerprint density at radius 1 is 1.35 bits per heavy atom. The third-order valence-electron chi connectivity index (χ3n) is 1.98. The van der Waals surface area contributed by atoms with Gasteiger partial charge >= 0.3 is 0 Å². The number of rotatable bonds is 6. The van der Waals surface area contributed by atoms with Crippen LogP contribution in [0.15, 0.2) is 22.7 Å². The Labute approximate surface area is 115 Å². The van der Waals surface area contributed by atoms with Gasteiger partial charge in [-0.3, -0.25) is 0 Å². The maximum absolute atomic E-state index is 10.8. The van der Waals surface area contributed by atoms with Crippen LogP contribution in [0.3, 0.4) is 0 Å². The molecule has 0 saturated heterocycles. The van der Waals surface area contributed by atoms with Gasteiger partial charge in [-0.05, 0) is 33.6 Å². The van der Waals surface area contributed by atoms with Crippen LogP contribution in [0.2, 0.25) is 5.02 Å². The number of hydrogen-bond donors (Lipinski definition) is 2. The fourth-order valence-electron chi connectivity index (χ4n) is 1.21. The van der Waals surface area contributed by atoms with E-state index in [1.54, 1.807) is 0 Å². The SMILES string of the molecule is CS(=O)(=O)NCCNCc1ccc(Cl)c(Br)c1. The monoisotopic (exact) mass is 340 g/mol. The smallest absolute Gasteiger partial charge is 0.208 e. The molecule has 0 spiro atoms. The van der Waals surface area contributed by atoms with Crippen molar-refractivity contribution in [1.82, 2.24) is 10.0 Å². The normalized spacial score (nSPS) is 11.7. The highest BCUT2D eigenvalue weighted by molar-refractivity contribution is 9.10. The molecule has 0 fully saturated rings. The van der Waals surface area contributed by atoms with Gasteiger partial charge in [0.15, 0.2) is 0 Å². The van der Waals surface area contributed by atoms with Crippen molar-refractivity contribution in [3.8, 4) is 0 Å². The minimum atomic E-state index is -3.10. The van der Waals surface area contributed by atoms with Gasteiger partial charge in [0, 0.05) is 24.1 Å². The second-order valence-corrected chi connectivity index (χ2v) is 6.69. The summed E-state index contributed by atoms with van der Waals surface area (Å²) in [5, 5.41) is 3.80. The molecule has 7 heteroatoms. The van der Waals surface area contributed by atoms with E-state index < -0.39 is 10.0 Å². The van der Waals surface area contributed by atoms with Gasteiger partial charge in [-0.1, -0.05) is 17.7 Å². The lowest BCUT2D eigenvalue weighted by atomic mass is 10.2. The zero-order chi connectivity index (χ0) is 12.9. The van der Waals surface area contributed by atoms with Crippen LogP contribution in [0.25, 0.3) is 0 Å². The first kappa shape index (κ1) is 14.9. The molecule has 0 heterocycles. The second kappa shape index (κ2) is 6.70. The standard InChI is InChI=1S/C10H14BrClN2O2S/c1-17(15,16)14-5-4-13-7-8-2-3-10(12)9(11)6-8/h2-3,6,13-14H,4-5,7H2,1H3. The Hall–Kier alpha value is -0.140. The Morgan fingerprint density at radius 3 is 2.65 bits per heavy atom. The fourth-order valence-corrected chi connectivity index (χ4v) is 2.22. The van der Waals surface area contributed by atoms with Crippen molar-refractivity contribution < 1.29 is 8.42 Å². The summed E-state index contributed by atoms with van der Waals surface area (Å²) in [5.41, 5.74) is 1.08. The van der Waals surface area contributed by atoms with E-state index in [4.69, 9.17) is 11.6 Å². The molecule has 17 heavy (non-hydrogen) atoms. The summed E-state index contributed by atoms with van der Waals surface area (Å²) < 4.78 is 24.8. The summed E-state index contributed by atoms with van der Waals surface area (Å²) in [5.74, 6) is 0. The fraction of sp³-hybridized carbons (Fsp3) is 0.400. The van der Waals surface area contributed by atoms with Crippen LogP contribution in [0.5, 0.6) is 0 Å². The Balaban J connectivity index is 2.29. The Bertz CT molecular complexity index is 479. The number of sulfonamides is 1. The third kappa shape index (κ3) is 6.38. The molecule has 0 aromatic heterocycles. The summed E-state index contributed by atoms with van der Waals surface area (Å²) in [6.45, 7) is 1.63. The van der Waals surface area contributed by atoms with Gasteiger partial charge in [-0.25, -0.2) is 13.1 Å². The molecule has 4 nitrogen and oxygen atoms in total. The number of benzene rings is 1. The molecular formula is C10H14BrClN2O2S. The van der Waals surface area contributed by atoms with E-state index in [-0.39, 0.29) is 0 Å². The molecule has 1 aromatic rings. The molecule has 0 bridgehead atoms. The molecule has 1 aromatic carbocycles. The molecule has 0 atom stereocenters. The van der Waals surface area contributed by atoms with Crippen LogP contribution in [-0.4, -0.2) is 27.8 Å². The molecular weight excluding hydrogens is 328 g/mol. The lowest BCUT2D eigenvalue weighted by molar-refractivity contribution is 0.582. The van der Waals surface area contributed by atoms with Gasteiger partial charge in [0.1, 0.15) is 0 Å². The summed E-state index contributed by atoms with van der Waals surface area (Å²) in [6, 6.07) is 5.67. The molecule has 0 aliphatic rings. The minimum absolute atomic E-state index is 0.383. The van der Waals surface area contributed by atoms with Gasteiger partial charge in [-0.15, -0.1) is 0 Å². The molecule has 0 unspecified atom stereocenters. The highest BCUT2D eigenvalue weighted by Crippen LogP contribution is 2.22. The topological polar surface area (TPSA) is 58.2 Å². The van der Waals surface area contributed by atoms with Crippen LogP contribution >= 0.6 is 27.5 Å². The highest BCUT2D eigenvalue weighted by Gasteiger charge is 2.00. The van der Waals surface area contributed by atoms with E-state index in [0.29, 0.717) is 24.7 Å². The lowest BCUT2D eigenvalue weighted by Crippen LogP contribution is -2.30. The molecule has 0 aliphatic carbocycles. The number of halogens is 2. The van der Waals surface area contributed by atoms with Crippen LogP contribution in [0, 0.1) is 0 Å². The third-order valence-corrected chi connectivity index (χ3v) is 3.92. The van der Waals surface area contributed by atoms with Crippen LogP contribution in [-0.2, 0) is 16.6 Å². The van der Waals surface area contributed by atoms with E-state index in [1.165, 1.54) is 0 Å². The van der Waals surface area contributed by atoms with Gasteiger partial charge in [0.25, 0.3) is 0 Å². The maximum Gasteiger partial charge on any atom is 0.208 e. The van der Waals surface area contributed by atoms with Crippen LogP contribution in [0.4, 0.5) is 0 Å². The zero-order valence-electron chi connectivity index (χ0n) is 9.33. The average molecular weight is 342 g/mol. The molecule has 0 amide bonds. The van der Waals surface area contributed by atoms with E-state index in [0.717, 1.165) is 16.3 Å². The first-order chi connectivity index (χ1) is 7.88. The van der Waals surface area contributed by atoms with Gasteiger partial charge < -0.3 is 5.32 Å². The van der Waals surface area contributed by atoms with Gasteiger partial charge in [0.2, 0.25) is 10.0 Å².